The first-order chi connectivity index (χ1) is 10.2. The maximum absolute atomic E-state index is 4.68. The molecular weight excluding hydrogens is 344 g/mol. The van der Waals surface area contributed by atoms with Gasteiger partial charge in [-0.2, -0.15) is 0 Å². The van der Waals surface area contributed by atoms with Crippen molar-refractivity contribution in [2.45, 2.75) is 13.0 Å². The Morgan fingerprint density at radius 2 is 1.76 bits per heavy atom. The van der Waals surface area contributed by atoms with Crippen molar-refractivity contribution in [2.75, 3.05) is 5.32 Å². The Kier molecular flexibility index (Phi) is 4.36. The highest BCUT2D eigenvalue weighted by Gasteiger charge is 2.10. The molecular formula is C17H15BrN2S. The van der Waals surface area contributed by atoms with Crippen molar-refractivity contribution in [3.63, 3.8) is 0 Å². The molecule has 1 aromatic heterocycles. The van der Waals surface area contributed by atoms with E-state index < -0.39 is 0 Å². The lowest BCUT2D eigenvalue weighted by atomic mass is 10.1. The van der Waals surface area contributed by atoms with Gasteiger partial charge in [-0.15, -0.1) is 11.3 Å². The first kappa shape index (κ1) is 14.3. The molecule has 0 aliphatic carbocycles. The van der Waals surface area contributed by atoms with Crippen molar-refractivity contribution in [1.29, 1.82) is 0 Å². The van der Waals surface area contributed by atoms with E-state index in [9.17, 15) is 0 Å². The molecule has 0 saturated carbocycles. The van der Waals surface area contributed by atoms with Gasteiger partial charge in [0.15, 0.2) is 5.13 Å². The number of halogens is 1. The molecule has 4 heteroatoms. The fourth-order valence-corrected chi connectivity index (χ4v) is 3.43. The highest BCUT2D eigenvalue weighted by Crippen LogP contribution is 2.31. The van der Waals surface area contributed by atoms with Crippen LogP contribution in [-0.2, 0) is 0 Å². The van der Waals surface area contributed by atoms with Gasteiger partial charge >= 0.3 is 0 Å². The minimum absolute atomic E-state index is 0.240. The molecule has 106 valence electrons. The highest BCUT2D eigenvalue weighted by molar-refractivity contribution is 9.10. The van der Waals surface area contributed by atoms with Crippen LogP contribution in [0.5, 0.6) is 0 Å². The summed E-state index contributed by atoms with van der Waals surface area (Å²) in [4.78, 5) is 4.68. The van der Waals surface area contributed by atoms with Crippen LogP contribution in [0.2, 0.25) is 0 Å². The molecule has 3 aromatic rings. The van der Waals surface area contributed by atoms with Gasteiger partial charge in [0.05, 0.1) is 11.7 Å². The summed E-state index contributed by atoms with van der Waals surface area (Å²) in [5.74, 6) is 0. The van der Waals surface area contributed by atoms with Gasteiger partial charge < -0.3 is 5.32 Å². The molecule has 0 aliphatic rings. The number of benzene rings is 2. The minimum Gasteiger partial charge on any atom is -0.355 e. The van der Waals surface area contributed by atoms with Gasteiger partial charge in [0, 0.05) is 15.4 Å². The molecule has 21 heavy (non-hydrogen) atoms. The molecule has 0 aliphatic heterocycles. The number of nitrogens with one attached hydrogen (secondary N) is 1. The van der Waals surface area contributed by atoms with E-state index in [2.05, 4.69) is 68.9 Å². The van der Waals surface area contributed by atoms with E-state index in [0.29, 0.717) is 0 Å². The molecule has 3 rings (SSSR count). The van der Waals surface area contributed by atoms with Crippen LogP contribution >= 0.6 is 27.3 Å². The van der Waals surface area contributed by atoms with Gasteiger partial charge in [0.1, 0.15) is 0 Å². The van der Waals surface area contributed by atoms with Crippen molar-refractivity contribution in [2.24, 2.45) is 0 Å². The molecule has 0 amide bonds. The van der Waals surface area contributed by atoms with Crippen LogP contribution in [0.4, 0.5) is 5.13 Å². The Bertz CT molecular complexity index is 724. The van der Waals surface area contributed by atoms with E-state index in [1.54, 1.807) is 11.3 Å². The second kappa shape index (κ2) is 6.41. The van der Waals surface area contributed by atoms with Crippen molar-refractivity contribution < 1.29 is 0 Å². The fraction of sp³-hybridized carbons (Fsp3) is 0.118. The Hall–Kier alpha value is -1.65. The van der Waals surface area contributed by atoms with Gasteiger partial charge in [0.2, 0.25) is 0 Å². The van der Waals surface area contributed by atoms with Crippen molar-refractivity contribution >= 4 is 32.4 Å². The first-order valence-electron chi connectivity index (χ1n) is 6.76. The van der Waals surface area contributed by atoms with Crippen LogP contribution in [0.3, 0.4) is 0 Å². The minimum atomic E-state index is 0.240. The summed E-state index contributed by atoms with van der Waals surface area (Å²) >= 11 is 5.21. The number of anilines is 1. The number of rotatable bonds is 4. The van der Waals surface area contributed by atoms with Crippen molar-refractivity contribution in [3.8, 4) is 11.3 Å². The standard InChI is InChI=1S/C17H15BrN2S/c1-12(13-7-3-2-4-8-13)19-17-20-16(11-21-17)14-9-5-6-10-15(14)18/h2-12H,1H3,(H,19,20)/t12-/m1/s1. The summed E-state index contributed by atoms with van der Waals surface area (Å²) in [6.07, 6.45) is 0. The molecule has 1 heterocycles. The predicted molar refractivity (Wildman–Crippen MR) is 93.7 cm³/mol. The molecule has 2 nitrogen and oxygen atoms in total. The lowest BCUT2D eigenvalue weighted by molar-refractivity contribution is 0.882. The van der Waals surface area contributed by atoms with Crippen LogP contribution in [-0.4, -0.2) is 4.98 Å². The maximum atomic E-state index is 4.68. The number of hydrogen-bond acceptors (Lipinski definition) is 3. The van der Waals surface area contributed by atoms with E-state index in [0.717, 1.165) is 20.9 Å². The van der Waals surface area contributed by atoms with Gasteiger partial charge in [-0.3, -0.25) is 0 Å². The summed E-state index contributed by atoms with van der Waals surface area (Å²) in [6, 6.07) is 18.8. The lowest BCUT2D eigenvalue weighted by Gasteiger charge is -2.12. The molecule has 1 atom stereocenters. The molecule has 0 saturated heterocycles. The fourth-order valence-electron chi connectivity index (χ4n) is 2.14. The number of nitrogens with zero attached hydrogens (tertiary/aromatic N) is 1. The third kappa shape index (κ3) is 3.34. The molecule has 1 N–H and O–H groups in total. The van der Waals surface area contributed by atoms with E-state index in [1.165, 1.54) is 5.56 Å². The average molecular weight is 359 g/mol. The number of aromatic nitrogens is 1. The van der Waals surface area contributed by atoms with Crippen LogP contribution in [0.1, 0.15) is 18.5 Å². The Morgan fingerprint density at radius 1 is 1.05 bits per heavy atom. The number of thiazole rings is 1. The Labute approximate surface area is 137 Å². The summed E-state index contributed by atoms with van der Waals surface area (Å²) in [5, 5.41) is 6.49. The third-order valence-electron chi connectivity index (χ3n) is 3.29. The number of hydrogen-bond donors (Lipinski definition) is 1. The monoisotopic (exact) mass is 358 g/mol. The summed E-state index contributed by atoms with van der Waals surface area (Å²) in [7, 11) is 0. The van der Waals surface area contributed by atoms with Gasteiger partial charge in [-0.05, 0) is 18.6 Å². The van der Waals surface area contributed by atoms with Gasteiger partial charge in [-0.1, -0.05) is 64.5 Å². The molecule has 0 bridgehead atoms. The zero-order valence-corrected chi connectivity index (χ0v) is 14.0. The second-order valence-corrected chi connectivity index (χ2v) is 6.51. The SMILES string of the molecule is C[C@@H](Nc1nc(-c2ccccc2Br)cs1)c1ccccc1. The molecule has 0 unspecified atom stereocenters. The van der Waals surface area contributed by atoms with Crippen LogP contribution in [0, 0.1) is 0 Å². The van der Waals surface area contributed by atoms with Crippen LogP contribution in [0.25, 0.3) is 11.3 Å². The Balaban J connectivity index is 1.78. The smallest absolute Gasteiger partial charge is 0.183 e. The van der Waals surface area contributed by atoms with E-state index in [1.807, 2.05) is 24.3 Å². The molecule has 0 fully saturated rings. The average Bonchev–Trinajstić information content (AvgIpc) is 2.97. The quantitative estimate of drug-likeness (QED) is 0.642. The van der Waals surface area contributed by atoms with E-state index in [-0.39, 0.29) is 6.04 Å². The zero-order valence-electron chi connectivity index (χ0n) is 11.6. The predicted octanol–water partition coefficient (Wildman–Crippen LogP) is 5.75. The van der Waals surface area contributed by atoms with Crippen molar-refractivity contribution in [3.05, 3.63) is 70.0 Å². The van der Waals surface area contributed by atoms with Crippen molar-refractivity contribution in [1.82, 2.24) is 4.98 Å². The molecule has 0 spiro atoms. The highest BCUT2D eigenvalue weighted by atomic mass is 79.9. The molecule has 0 radical (unpaired) electrons. The largest absolute Gasteiger partial charge is 0.355 e. The first-order valence-corrected chi connectivity index (χ1v) is 8.43. The van der Waals surface area contributed by atoms with E-state index >= 15 is 0 Å². The summed E-state index contributed by atoms with van der Waals surface area (Å²) in [5.41, 5.74) is 3.37. The third-order valence-corrected chi connectivity index (χ3v) is 4.76. The van der Waals surface area contributed by atoms with E-state index in [4.69, 9.17) is 0 Å². The lowest BCUT2D eigenvalue weighted by Crippen LogP contribution is -2.05. The zero-order chi connectivity index (χ0) is 14.7. The summed E-state index contributed by atoms with van der Waals surface area (Å²) in [6.45, 7) is 2.15. The summed E-state index contributed by atoms with van der Waals surface area (Å²) < 4.78 is 1.07. The van der Waals surface area contributed by atoms with Gasteiger partial charge in [0.25, 0.3) is 0 Å². The topological polar surface area (TPSA) is 24.9 Å². The second-order valence-electron chi connectivity index (χ2n) is 4.79. The van der Waals surface area contributed by atoms with Crippen LogP contribution in [0.15, 0.2) is 64.5 Å². The normalized spacial score (nSPS) is 12.1. The maximum Gasteiger partial charge on any atom is 0.183 e. The van der Waals surface area contributed by atoms with Gasteiger partial charge in [-0.25, -0.2) is 4.98 Å². The van der Waals surface area contributed by atoms with Crippen LogP contribution < -0.4 is 5.32 Å². The molecule has 2 aromatic carbocycles. The Morgan fingerprint density at radius 3 is 2.52 bits per heavy atom.